The molecule has 1 aliphatic heterocycles. The molecule has 1 N–H and O–H groups in total. The third-order valence-corrected chi connectivity index (χ3v) is 4.80. The van der Waals surface area contributed by atoms with Crippen molar-refractivity contribution in [2.75, 3.05) is 39.5 Å². The first-order valence-corrected chi connectivity index (χ1v) is 10.0. The highest BCUT2D eigenvalue weighted by atomic mass is 32.1. The number of nitrogens with zero attached hydrogens (tertiary/aromatic N) is 1. The summed E-state index contributed by atoms with van der Waals surface area (Å²) in [5.41, 5.74) is 0.501. The van der Waals surface area contributed by atoms with E-state index in [9.17, 15) is 9.59 Å². The lowest BCUT2D eigenvalue weighted by atomic mass is 9.97. The number of carbonyl (C=O) groups excluding carboxylic acids is 2. The molecule has 1 aromatic carbocycles. The van der Waals surface area contributed by atoms with Gasteiger partial charge < -0.3 is 19.1 Å². The van der Waals surface area contributed by atoms with Crippen LogP contribution in [0.5, 0.6) is 5.75 Å². The zero-order valence-corrected chi connectivity index (χ0v) is 17.3. The molecule has 8 heteroatoms. The highest BCUT2D eigenvalue weighted by molar-refractivity contribution is 7.80. The molecule has 1 fully saturated rings. The van der Waals surface area contributed by atoms with Crippen LogP contribution in [0.25, 0.3) is 0 Å². The Hall–Kier alpha value is -2.19. The lowest BCUT2D eigenvalue weighted by Gasteiger charge is -2.32. The summed E-state index contributed by atoms with van der Waals surface area (Å²) in [6.45, 7) is 7.01. The molecule has 1 aliphatic rings. The predicted molar refractivity (Wildman–Crippen MR) is 109 cm³/mol. The van der Waals surface area contributed by atoms with Gasteiger partial charge in [-0.15, -0.1) is 0 Å². The molecule has 0 saturated carbocycles. The summed E-state index contributed by atoms with van der Waals surface area (Å²) in [4.78, 5) is 26.1. The summed E-state index contributed by atoms with van der Waals surface area (Å²) in [7, 11) is 0. The zero-order valence-electron chi connectivity index (χ0n) is 16.4. The van der Waals surface area contributed by atoms with Gasteiger partial charge in [0, 0.05) is 25.3 Å². The average molecular weight is 409 g/mol. The van der Waals surface area contributed by atoms with Crippen molar-refractivity contribution in [3.05, 3.63) is 29.8 Å². The van der Waals surface area contributed by atoms with Crippen molar-refractivity contribution >= 4 is 29.2 Å². The van der Waals surface area contributed by atoms with Gasteiger partial charge in [-0.2, -0.15) is 0 Å². The summed E-state index contributed by atoms with van der Waals surface area (Å²) in [6.07, 6.45) is 1.34. The minimum atomic E-state index is -0.265. The van der Waals surface area contributed by atoms with Crippen LogP contribution in [0, 0.1) is 5.92 Å². The molecule has 1 amide bonds. The van der Waals surface area contributed by atoms with E-state index in [1.54, 1.807) is 31.2 Å². The minimum absolute atomic E-state index is 0.0926. The number of hydrogen-bond acceptors (Lipinski definition) is 6. The number of hydrogen-bond donors (Lipinski definition) is 1. The summed E-state index contributed by atoms with van der Waals surface area (Å²) in [6, 6.07) is 6.88. The summed E-state index contributed by atoms with van der Waals surface area (Å²) in [5, 5.41) is 3.13. The van der Waals surface area contributed by atoms with Crippen LogP contribution in [0.2, 0.25) is 0 Å². The van der Waals surface area contributed by atoms with E-state index in [1.807, 2.05) is 11.8 Å². The largest absolute Gasteiger partial charge is 0.491 e. The van der Waals surface area contributed by atoms with Crippen LogP contribution >= 0.6 is 12.2 Å². The first-order valence-electron chi connectivity index (χ1n) is 9.62. The lowest BCUT2D eigenvalue weighted by Crippen LogP contribution is -2.47. The van der Waals surface area contributed by atoms with Crippen molar-refractivity contribution in [2.24, 2.45) is 5.92 Å². The van der Waals surface area contributed by atoms with Gasteiger partial charge in [-0.3, -0.25) is 14.9 Å². The van der Waals surface area contributed by atoms with Crippen LogP contribution < -0.4 is 10.1 Å². The Balaban J connectivity index is 1.78. The maximum absolute atomic E-state index is 12.4. The molecular weight excluding hydrogens is 380 g/mol. The normalized spacial score (nSPS) is 14.4. The fraction of sp³-hybridized carbons (Fsp3) is 0.550. The first kappa shape index (κ1) is 22.1. The predicted octanol–water partition coefficient (Wildman–Crippen LogP) is 2.39. The van der Waals surface area contributed by atoms with Gasteiger partial charge in [-0.05, 0) is 63.2 Å². The second kappa shape index (κ2) is 11.6. The smallest absolute Gasteiger partial charge is 0.309 e. The lowest BCUT2D eigenvalue weighted by molar-refractivity contribution is -0.149. The molecule has 0 spiro atoms. The Bertz CT molecular complexity index is 657. The van der Waals surface area contributed by atoms with Crippen LogP contribution in [-0.4, -0.2) is 61.4 Å². The van der Waals surface area contributed by atoms with Crippen molar-refractivity contribution in [3.63, 3.8) is 0 Å². The van der Waals surface area contributed by atoms with E-state index in [-0.39, 0.29) is 17.8 Å². The quantitative estimate of drug-likeness (QED) is 0.402. The van der Waals surface area contributed by atoms with E-state index in [0.29, 0.717) is 68.8 Å². The number of ether oxygens (including phenoxy) is 3. The number of nitrogens with one attached hydrogen (secondary N) is 1. The van der Waals surface area contributed by atoms with E-state index in [0.717, 1.165) is 0 Å². The van der Waals surface area contributed by atoms with Crippen LogP contribution in [0.3, 0.4) is 0 Å². The fourth-order valence-corrected chi connectivity index (χ4v) is 3.17. The number of esters is 1. The van der Waals surface area contributed by atoms with Gasteiger partial charge in [-0.25, -0.2) is 0 Å². The Kier molecular flexibility index (Phi) is 9.16. The van der Waals surface area contributed by atoms with Gasteiger partial charge in [0.1, 0.15) is 12.4 Å². The van der Waals surface area contributed by atoms with Gasteiger partial charge in [0.25, 0.3) is 5.91 Å². The highest BCUT2D eigenvalue weighted by Gasteiger charge is 2.27. The standard InChI is InChI=1S/C20H28N2O5S/c1-3-25-13-14-27-17-7-5-15(6-8-17)18(23)21-20(28)22-11-9-16(10-12-22)19(24)26-4-2/h5-8,16H,3-4,9-14H2,1-2H3,(H,21,23,28). The van der Waals surface area contributed by atoms with E-state index >= 15 is 0 Å². The highest BCUT2D eigenvalue weighted by Crippen LogP contribution is 2.19. The minimum Gasteiger partial charge on any atom is -0.491 e. The van der Waals surface area contributed by atoms with Gasteiger partial charge in [-0.1, -0.05) is 0 Å². The van der Waals surface area contributed by atoms with E-state index in [2.05, 4.69) is 5.32 Å². The molecule has 0 aliphatic carbocycles. The average Bonchev–Trinajstić information content (AvgIpc) is 2.72. The number of benzene rings is 1. The zero-order chi connectivity index (χ0) is 20.4. The summed E-state index contributed by atoms with van der Waals surface area (Å²) in [5.74, 6) is 0.170. The Labute approximate surface area is 171 Å². The number of carbonyl (C=O) groups is 2. The maximum Gasteiger partial charge on any atom is 0.309 e. The van der Waals surface area contributed by atoms with Gasteiger partial charge in [0.05, 0.1) is 19.1 Å². The Morgan fingerprint density at radius 2 is 1.79 bits per heavy atom. The third-order valence-electron chi connectivity index (χ3n) is 4.44. The molecular formula is C20H28N2O5S. The molecule has 1 aromatic rings. The van der Waals surface area contributed by atoms with Crippen LogP contribution in [0.4, 0.5) is 0 Å². The number of piperidine rings is 1. The third kappa shape index (κ3) is 6.76. The molecule has 0 atom stereocenters. The van der Waals surface area contributed by atoms with Crippen molar-refractivity contribution in [1.82, 2.24) is 10.2 Å². The number of likely N-dealkylation sites (tertiary alicyclic amines) is 1. The molecule has 2 rings (SSSR count). The molecule has 28 heavy (non-hydrogen) atoms. The number of amides is 1. The monoisotopic (exact) mass is 408 g/mol. The van der Waals surface area contributed by atoms with Crippen LogP contribution in [0.15, 0.2) is 24.3 Å². The second-order valence-electron chi connectivity index (χ2n) is 6.34. The number of rotatable bonds is 8. The molecule has 0 bridgehead atoms. The van der Waals surface area contributed by atoms with Crippen molar-refractivity contribution in [2.45, 2.75) is 26.7 Å². The molecule has 1 saturated heterocycles. The topological polar surface area (TPSA) is 77.1 Å². The summed E-state index contributed by atoms with van der Waals surface area (Å²) >= 11 is 5.35. The van der Waals surface area contributed by atoms with Crippen molar-refractivity contribution < 1.29 is 23.8 Å². The Morgan fingerprint density at radius 1 is 1.11 bits per heavy atom. The number of thiocarbonyl (C=S) groups is 1. The van der Waals surface area contributed by atoms with Gasteiger partial charge in [0.2, 0.25) is 0 Å². The maximum atomic E-state index is 12.4. The van der Waals surface area contributed by atoms with E-state index in [1.165, 1.54) is 0 Å². The molecule has 0 unspecified atom stereocenters. The van der Waals surface area contributed by atoms with Crippen LogP contribution in [0.1, 0.15) is 37.0 Å². The van der Waals surface area contributed by atoms with E-state index < -0.39 is 0 Å². The van der Waals surface area contributed by atoms with Crippen LogP contribution in [-0.2, 0) is 14.3 Å². The van der Waals surface area contributed by atoms with Gasteiger partial charge >= 0.3 is 5.97 Å². The SMILES string of the molecule is CCOCCOc1ccc(C(=O)NC(=S)N2CCC(C(=O)OCC)CC2)cc1. The fourth-order valence-electron chi connectivity index (χ4n) is 2.89. The molecule has 7 nitrogen and oxygen atoms in total. The molecule has 1 heterocycles. The molecule has 0 radical (unpaired) electrons. The summed E-state index contributed by atoms with van der Waals surface area (Å²) < 4.78 is 15.8. The Morgan fingerprint density at radius 3 is 2.39 bits per heavy atom. The van der Waals surface area contributed by atoms with Crippen molar-refractivity contribution in [3.8, 4) is 5.75 Å². The van der Waals surface area contributed by atoms with Gasteiger partial charge in [0.15, 0.2) is 5.11 Å². The first-order chi connectivity index (χ1) is 13.5. The molecule has 0 aromatic heterocycles. The molecule has 154 valence electrons. The van der Waals surface area contributed by atoms with Crippen molar-refractivity contribution in [1.29, 1.82) is 0 Å². The van der Waals surface area contributed by atoms with E-state index in [4.69, 9.17) is 26.4 Å². The second-order valence-corrected chi connectivity index (χ2v) is 6.73.